The predicted molar refractivity (Wildman–Crippen MR) is 113 cm³/mol. The van der Waals surface area contributed by atoms with Gasteiger partial charge >= 0.3 is 5.69 Å². The molecule has 1 heterocycles. The number of hydrogen-bond donors (Lipinski definition) is 0. The highest BCUT2D eigenvalue weighted by Gasteiger charge is 2.14. The second kappa shape index (κ2) is 9.16. The Labute approximate surface area is 172 Å². The molecule has 0 saturated heterocycles. The zero-order chi connectivity index (χ0) is 20.8. The van der Waals surface area contributed by atoms with Crippen LogP contribution in [0, 0.1) is 17.0 Å². The number of hydrogen-bond acceptors (Lipinski definition) is 6. The fourth-order valence-corrected chi connectivity index (χ4v) is 3.51. The number of nitro benzene ring substituents is 1. The summed E-state index contributed by atoms with van der Waals surface area (Å²) in [5, 5.41) is 11.1. The summed E-state index contributed by atoms with van der Waals surface area (Å²) in [7, 11) is 1.54. The maximum atomic E-state index is 12.3. The van der Waals surface area contributed by atoms with Crippen molar-refractivity contribution in [3.8, 4) is 11.5 Å². The number of thiophene rings is 1. The Morgan fingerprint density at radius 1 is 1.14 bits per heavy atom. The van der Waals surface area contributed by atoms with Gasteiger partial charge < -0.3 is 9.47 Å². The number of carbonyl (C=O) groups is 1. The van der Waals surface area contributed by atoms with Gasteiger partial charge in [0.05, 0.1) is 16.9 Å². The monoisotopic (exact) mass is 409 g/mol. The van der Waals surface area contributed by atoms with Crippen molar-refractivity contribution in [2.75, 3.05) is 7.11 Å². The average Bonchev–Trinajstić information content (AvgIpc) is 3.17. The smallest absolute Gasteiger partial charge is 0.310 e. The zero-order valence-electron chi connectivity index (χ0n) is 16.0. The first-order valence-electron chi connectivity index (χ1n) is 8.80. The molecule has 0 saturated carbocycles. The number of ketones is 1. The number of allylic oxidation sites excluding steroid dienone is 1. The molecule has 0 N–H and O–H groups in total. The van der Waals surface area contributed by atoms with Crippen LogP contribution in [0.2, 0.25) is 0 Å². The van der Waals surface area contributed by atoms with Gasteiger partial charge in [0.1, 0.15) is 12.4 Å². The lowest BCUT2D eigenvalue weighted by Crippen LogP contribution is -2.01. The molecule has 0 aliphatic carbocycles. The third-order valence-electron chi connectivity index (χ3n) is 4.16. The molecule has 0 unspecified atom stereocenters. The minimum Gasteiger partial charge on any atom is -0.496 e. The van der Waals surface area contributed by atoms with Crippen molar-refractivity contribution < 1.29 is 19.2 Å². The number of para-hydroxylation sites is 2. The molecule has 0 spiro atoms. The topological polar surface area (TPSA) is 78.7 Å². The van der Waals surface area contributed by atoms with Crippen LogP contribution in [0.5, 0.6) is 11.5 Å². The maximum Gasteiger partial charge on any atom is 0.310 e. The van der Waals surface area contributed by atoms with Crippen molar-refractivity contribution >= 4 is 28.9 Å². The van der Waals surface area contributed by atoms with Gasteiger partial charge in [-0.2, -0.15) is 0 Å². The molecule has 0 aliphatic rings. The van der Waals surface area contributed by atoms with Crippen molar-refractivity contribution in [2.45, 2.75) is 13.5 Å². The molecule has 0 amide bonds. The van der Waals surface area contributed by atoms with E-state index in [0.29, 0.717) is 16.2 Å². The Hall–Kier alpha value is -3.45. The zero-order valence-corrected chi connectivity index (χ0v) is 16.8. The molecule has 0 aliphatic heterocycles. The molecule has 2 aromatic carbocycles. The molecule has 1 aromatic heterocycles. The first kappa shape index (κ1) is 20.3. The lowest BCUT2D eigenvalue weighted by molar-refractivity contribution is -0.385. The van der Waals surface area contributed by atoms with Gasteiger partial charge in [0.2, 0.25) is 0 Å². The van der Waals surface area contributed by atoms with Crippen molar-refractivity contribution in [1.29, 1.82) is 0 Å². The van der Waals surface area contributed by atoms with E-state index < -0.39 is 4.92 Å². The predicted octanol–water partition coefficient (Wildman–Crippen LogP) is 5.45. The van der Waals surface area contributed by atoms with E-state index in [4.69, 9.17) is 9.47 Å². The van der Waals surface area contributed by atoms with E-state index in [-0.39, 0.29) is 23.8 Å². The summed E-state index contributed by atoms with van der Waals surface area (Å²) in [6, 6.07) is 15.4. The molecule has 29 heavy (non-hydrogen) atoms. The first-order chi connectivity index (χ1) is 14.0. The van der Waals surface area contributed by atoms with Crippen molar-refractivity contribution in [3.63, 3.8) is 0 Å². The molecule has 3 aromatic rings. The van der Waals surface area contributed by atoms with Crippen molar-refractivity contribution in [1.82, 2.24) is 0 Å². The third-order valence-corrected chi connectivity index (χ3v) is 5.18. The van der Waals surface area contributed by atoms with Crippen LogP contribution in [0.15, 0.2) is 60.7 Å². The summed E-state index contributed by atoms with van der Waals surface area (Å²) in [5.74, 6) is 0.723. The third kappa shape index (κ3) is 5.08. The molecule has 0 bridgehead atoms. The van der Waals surface area contributed by atoms with Gasteiger partial charge in [-0.1, -0.05) is 24.3 Å². The molecular formula is C22H19NO5S. The molecule has 0 atom stereocenters. The van der Waals surface area contributed by atoms with Crippen LogP contribution in [0.4, 0.5) is 5.69 Å². The van der Waals surface area contributed by atoms with Gasteiger partial charge in [-0.25, -0.2) is 0 Å². The number of carbonyl (C=O) groups excluding carboxylic acids is 1. The number of aryl methyl sites for hydroxylation is 1. The summed E-state index contributed by atoms with van der Waals surface area (Å²) >= 11 is 1.45. The SMILES string of the molecule is COc1ccc(/C=C/C(=O)c2ccc(C)s2)cc1COc1ccccc1[N+](=O)[O-]. The number of methoxy groups -OCH3 is 1. The molecule has 6 nitrogen and oxygen atoms in total. The van der Waals surface area contributed by atoms with Gasteiger partial charge in [-0.05, 0) is 48.9 Å². The lowest BCUT2D eigenvalue weighted by Gasteiger charge is -2.11. The fraction of sp³-hybridized carbons (Fsp3) is 0.136. The van der Waals surface area contributed by atoms with E-state index >= 15 is 0 Å². The van der Waals surface area contributed by atoms with Gasteiger partial charge in [0.15, 0.2) is 11.5 Å². The number of nitrogens with zero attached hydrogens (tertiary/aromatic N) is 1. The Balaban J connectivity index is 1.78. The summed E-state index contributed by atoms with van der Waals surface area (Å²) in [5.41, 5.74) is 1.42. The summed E-state index contributed by atoms with van der Waals surface area (Å²) in [6.07, 6.45) is 3.26. The van der Waals surface area contributed by atoms with E-state index in [1.165, 1.54) is 23.5 Å². The number of ether oxygens (including phenoxy) is 2. The second-order valence-corrected chi connectivity index (χ2v) is 7.48. The van der Waals surface area contributed by atoms with Crippen LogP contribution >= 0.6 is 11.3 Å². The quantitative estimate of drug-likeness (QED) is 0.214. The highest BCUT2D eigenvalue weighted by molar-refractivity contribution is 7.14. The van der Waals surface area contributed by atoms with Gasteiger partial charge in [0, 0.05) is 16.5 Å². The summed E-state index contributed by atoms with van der Waals surface area (Å²) < 4.78 is 11.0. The maximum absolute atomic E-state index is 12.3. The van der Waals surface area contributed by atoms with E-state index in [2.05, 4.69) is 0 Å². The minimum absolute atomic E-state index is 0.0587. The van der Waals surface area contributed by atoms with Crippen molar-refractivity contribution in [3.05, 3.63) is 91.7 Å². The fourth-order valence-electron chi connectivity index (χ4n) is 2.72. The Morgan fingerprint density at radius 2 is 1.93 bits per heavy atom. The normalized spacial score (nSPS) is 10.8. The van der Waals surface area contributed by atoms with Crippen LogP contribution in [0.25, 0.3) is 6.08 Å². The summed E-state index contributed by atoms with van der Waals surface area (Å²) in [4.78, 5) is 24.7. The second-order valence-electron chi connectivity index (χ2n) is 6.19. The standard InChI is InChI=1S/C22H19NO5S/c1-15-7-12-22(29-15)19(24)10-8-16-9-11-20(27-2)17(13-16)14-28-21-6-4-3-5-18(21)23(25)26/h3-13H,14H2,1-2H3/b10-8+. The van der Waals surface area contributed by atoms with Crippen LogP contribution in [-0.2, 0) is 6.61 Å². The Morgan fingerprint density at radius 3 is 2.62 bits per heavy atom. The first-order valence-corrected chi connectivity index (χ1v) is 9.61. The van der Waals surface area contributed by atoms with E-state index in [1.807, 2.05) is 31.2 Å². The minimum atomic E-state index is -0.483. The molecule has 3 rings (SSSR count). The van der Waals surface area contributed by atoms with Crippen LogP contribution < -0.4 is 9.47 Å². The van der Waals surface area contributed by atoms with Gasteiger partial charge in [-0.3, -0.25) is 14.9 Å². The van der Waals surface area contributed by atoms with Crippen molar-refractivity contribution in [2.24, 2.45) is 0 Å². The Kier molecular flexibility index (Phi) is 6.41. The van der Waals surface area contributed by atoms with E-state index in [9.17, 15) is 14.9 Å². The molecule has 0 fully saturated rings. The van der Waals surface area contributed by atoms with E-state index in [0.717, 1.165) is 10.4 Å². The highest BCUT2D eigenvalue weighted by atomic mass is 32.1. The average molecular weight is 409 g/mol. The molecule has 148 valence electrons. The lowest BCUT2D eigenvalue weighted by atomic mass is 10.1. The van der Waals surface area contributed by atoms with Gasteiger partial charge in [-0.15, -0.1) is 11.3 Å². The van der Waals surface area contributed by atoms with Crippen LogP contribution in [0.1, 0.15) is 25.7 Å². The van der Waals surface area contributed by atoms with Gasteiger partial charge in [0.25, 0.3) is 0 Å². The number of benzene rings is 2. The molecular weight excluding hydrogens is 390 g/mol. The number of rotatable bonds is 8. The number of nitro groups is 1. The molecule has 7 heteroatoms. The van der Waals surface area contributed by atoms with Crippen LogP contribution in [-0.4, -0.2) is 17.8 Å². The molecule has 0 radical (unpaired) electrons. The summed E-state index contributed by atoms with van der Waals surface area (Å²) in [6.45, 7) is 2.05. The largest absolute Gasteiger partial charge is 0.496 e. The van der Waals surface area contributed by atoms with E-state index in [1.54, 1.807) is 37.5 Å². The highest BCUT2D eigenvalue weighted by Crippen LogP contribution is 2.29. The Bertz CT molecular complexity index is 1070. The van der Waals surface area contributed by atoms with Crippen LogP contribution in [0.3, 0.4) is 0 Å².